The summed E-state index contributed by atoms with van der Waals surface area (Å²) >= 11 is 1.31. The Kier molecular flexibility index (Phi) is 7.74. The van der Waals surface area contributed by atoms with E-state index in [1.54, 1.807) is 5.38 Å². The Morgan fingerprint density at radius 3 is 2.32 bits per heavy atom. The van der Waals surface area contributed by atoms with E-state index in [-0.39, 0.29) is 37.8 Å². The molecule has 31 heavy (non-hydrogen) atoms. The van der Waals surface area contributed by atoms with Crippen LogP contribution in [-0.2, 0) is 16.0 Å². The molecule has 9 heteroatoms. The van der Waals surface area contributed by atoms with Crippen molar-refractivity contribution in [3.8, 4) is 11.1 Å². The quantitative estimate of drug-likeness (QED) is 0.366. The number of nitrogens with one attached hydrogen (secondary N) is 2. The zero-order valence-corrected chi connectivity index (χ0v) is 17.9. The molecule has 0 fully saturated rings. The molecule has 0 atom stereocenters. The molecule has 0 unspecified atom stereocenters. The first-order valence-electron chi connectivity index (χ1n) is 9.59. The molecule has 2 aromatic carbocycles. The molecule has 1 aliphatic rings. The van der Waals surface area contributed by atoms with Crippen molar-refractivity contribution in [3.05, 3.63) is 70.7 Å². The van der Waals surface area contributed by atoms with Gasteiger partial charge in [0.05, 0.1) is 5.69 Å². The summed E-state index contributed by atoms with van der Waals surface area (Å²) in [5.74, 6) is -1.14. The summed E-state index contributed by atoms with van der Waals surface area (Å²) < 4.78 is 5.48. The van der Waals surface area contributed by atoms with E-state index >= 15 is 0 Å². The Balaban J connectivity index is 0.00000272. The molecule has 3 aromatic rings. The maximum atomic E-state index is 12.1. The van der Waals surface area contributed by atoms with Crippen molar-refractivity contribution < 1.29 is 38.3 Å². The number of nitrogens with zero attached hydrogens (tertiary/aromatic N) is 1. The third kappa shape index (κ3) is 5.47. The van der Waals surface area contributed by atoms with Crippen molar-refractivity contribution in [1.29, 1.82) is 0 Å². The van der Waals surface area contributed by atoms with Gasteiger partial charge in [0, 0.05) is 36.8 Å². The van der Waals surface area contributed by atoms with Crippen LogP contribution >= 0.6 is 11.3 Å². The van der Waals surface area contributed by atoms with E-state index in [2.05, 4.69) is 39.9 Å². The topological polar surface area (TPSA) is 103 Å². The summed E-state index contributed by atoms with van der Waals surface area (Å²) in [6, 6.07) is 16.4. The van der Waals surface area contributed by atoms with E-state index in [1.807, 2.05) is 24.3 Å². The number of aromatic nitrogens is 1. The van der Waals surface area contributed by atoms with E-state index in [1.165, 1.54) is 33.6 Å². The van der Waals surface area contributed by atoms with Crippen LogP contribution in [0.2, 0.25) is 0 Å². The van der Waals surface area contributed by atoms with Gasteiger partial charge in [0.15, 0.2) is 5.13 Å². The molecule has 0 bridgehead atoms. The third-order valence-electron chi connectivity index (χ3n) is 4.89. The second-order valence-corrected chi connectivity index (χ2v) is 7.73. The van der Waals surface area contributed by atoms with Crippen LogP contribution in [-0.4, -0.2) is 36.7 Å². The van der Waals surface area contributed by atoms with Crippen LogP contribution in [0.3, 0.4) is 0 Å². The number of alkyl carbamates (subject to hydrolysis) is 1. The molecule has 0 spiro atoms. The van der Waals surface area contributed by atoms with Gasteiger partial charge in [-0.05, 0) is 22.3 Å². The Morgan fingerprint density at radius 2 is 1.68 bits per heavy atom. The van der Waals surface area contributed by atoms with Gasteiger partial charge in [-0.3, -0.25) is 0 Å². The van der Waals surface area contributed by atoms with Gasteiger partial charge in [-0.25, -0.2) is 9.78 Å². The Bertz CT molecular complexity index is 1030. The summed E-state index contributed by atoms with van der Waals surface area (Å²) in [7, 11) is 0. The molecular weight excluding hydrogens is 409 g/mol. The summed E-state index contributed by atoms with van der Waals surface area (Å²) in [6.07, 6.45) is -0.689. The van der Waals surface area contributed by atoms with Crippen LogP contribution in [0.4, 0.5) is 9.93 Å². The van der Waals surface area contributed by atoms with Crippen LogP contribution in [0.1, 0.15) is 22.7 Å². The summed E-state index contributed by atoms with van der Waals surface area (Å²) in [5, 5.41) is 18.6. The number of carboxylic acids is 1. The van der Waals surface area contributed by atoms with Crippen molar-refractivity contribution in [1.82, 2.24) is 10.3 Å². The zero-order valence-electron chi connectivity index (χ0n) is 17.1. The molecule has 154 valence electrons. The average molecular weight is 429 g/mol. The fraction of sp³-hybridized carbons (Fsp3) is 0.227. The smallest absolute Gasteiger partial charge is 0.550 e. The fourth-order valence-corrected chi connectivity index (χ4v) is 4.34. The number of aliphatic carboxylic acids is 1. The SMILES string of the molecule is O=C([O-])Cc1csc(NCCNC(=O)OCC2c3ccccc3-c3ccccc32)n1.[Li+]. The van der Waals surface area contributed by atoms with E-state index in [0.717, 1.165) is 0 Å². The van der Waals surface area contributed by atoms with E-state index < -0.39 is 12.1 Å². The minimum Gasteiger partial charge on any atom is -0.550 e. The molecular formula is C22H20LiN3O4S. The minimum absolute atomic E-state index is 0. The standard InChI is InChI=1S/C22H21N3O4S.Li/c26-20(27)11-14-13-30-21(25-14)23-9-10-24-22(28)29-12-19-17-7-3-1-5-15(17)16-6-2-4-8-18(16)19;/h1-8,13,19H,9-12H2,(H,23,25)(H,24,28)(H,26,27);/q;+1/p-1. The van der Waals surface area contributed by atoms with Crippen LogP contribution in [0.25, 0.3) is 11.1 Å². The van der Waals surface area contributed by atoms with E-state index in [9.17, 15) is 14.7 Å². The number of amides is 1. The molecule has 1 heterocycles. The molecule has 1 amide bonds. The Labute approximate surface area is 196 Å². The van der Waals surface area contributed by atoms with Crippen LogP contribution in [0, 0.1) is 0 Å². The number of thiazole rings is 1. The maximum Gasteiger partial charge on any atom is 1.00 e. The van der Waals surface area contributed by atoms with Gasteiger partial charge >= 0.3 is 25.0 Å². The monoisotopic (exact) mass is 429 g/mol. The first-order valence-corrected chi connectivity index (χ1v) is 10.5. The number of carboxylic acid groups (broad SMARTS) is 1. The van der Waals surface area contributed by atoms with Crippen molar-refractivity contribution in [2.75, 3.05) is 25.0 Å². The van der Waals surface area contributed by atoms with Crippen molar-refractivity contribution >= 4 is 28.5 Å². The summed E-state index contributed by atoms with van der Waals surface area (Å²) in [6.45, 7) is 1.07. The van der Waals surface area contributed by atoms with Crippen LogP contribution in [0.15, 0.2) is 53.9 Å². The van der Waals surface area contributed by atoms with Gasteiger partial charge in [-0.2, -0.15) is 0 Å². The predicted molar refractivity (Wildman–Crippen MR) is 112 cm³/mol. The number of hydrogen-bond donors (Lipinski definition) is 2. The number of fused-ring (bicyclic) bond motifs is 3. The van der Waals surface area contributed by atoms with Crippen molar-refractivity contribution in [3.63, 3.8) is 0 Å². The Hall–Kier alpha value is -2.79. The van der Waals surface area contributed by atoms with E-state index in [4.69, 9.17) is 4.74 Å². The molecule has 2 N–H and O–H groups in total. The van der Waals surface area contributed by atoms with Gasteiger partial charge in [-0.1, -0.05) is 48.5 Å². The van der Waals surface area contributed by atoms with Gasteiger partial charge in [0.2, 0.25) is 0 Å². The average Bonchev–Trinajstić information content (AvgIpc) is 3.31. The van der Waals surface area contributed by atoms with Crippen LogP contribution in [0.5, 0.6) is 0 Å². The minimum atomic E-state index is -1.16. The number of rotatable bonds is 8. The number of benzene rings is 2. The predicted octanol–water partition coefficient (Wildman–Crippen LogP) is -0.610. The number of hydrogen-bond acceptors (Lipinski definition) is 7. The first-order chi connectivity index (χ1) is 14.6. The largest absolute Gasteiger partial charge is 1.00 e. The molecule has 0 radical (unpaired) electrons. The van der Waals surface area contributed by atoms with Gasteiger partial charge in [0.25, 0.3) is 0 Å². The molecule has 0 saturated carbocycles. The number of anilines is 1. The molecule has 1 aliphatic carbocycles. The number of carbonyl (C=O) groups excluding carboxylic acids is 2. The molecule has 0 aliphatic heterocycles. The van der Waals surface area contributed by atoms with Gasteiger partial charge in [-0.15, -0.1) is 11.3 Å². The Morgan fingerprint density at radius 1 is 1.03 bits per heavy atom. The van der Waals surface area contributed by atoms with Gasteiger partial charge < -0.3 is 25.3 Å². The summed E-state index contributed by atoms with van der Waals surface area (Å²) in [5.41, 5.74) is 5.17. The van der Waals surface area contributed by atoms with Crippen molar-refractivity contribution in [2.24, 2.45) is 0 Å². The summed E-state index contributed by atoms with van der Waals surface area (Å²) in [4.78, 5) is 26.8. The zero-order chi connectivity index (χ0) is 20.9. The first kappa shape index (κ1) is 22.9. The van der Waals surface area contributed by atoms with Crippen molar-refractivity contribution in [2.45, 2.75) is 12.3 Å². The maximum absolute atomic E-state index is 12.1. The second-order valence-electron chi connectivity index (χ2n) is 6.87. The molecule has 4 rings (SSSR count). The molecule has 7 nitrogen and oxygen atoms in total. The number of ether oxygens (including phenoxy) is 1. The van der Waals surface area contributed by atoms with Gasteiger partial charge in [0.1, 0.15) is 6.61 Å². The second kappa shape index (κ2) is 10.5. The molecule has 1 aromatic heterocycles. The molecule has 0 saturated heterocycles. The van der Waals surface area contributed by atoms with Crippen LogP contribution < -0.4 is 34.6 Å². The van der Waals surface area contributed by atoms with E-state index in [0.29, 0.717) is 23.9 Å². The third-order valence-corrected chi connectivity index (χ3v) is 5.74. The normalized spacial score (nSPS) is 11.7. The fourth-order valence-electron chi connectivity index (χ4n) is 3.60. The number of carbonyl (C=O) groups is 2.